The maximum Gasteiger partial charge on any atom is 0.238 e. The highest BCUT2D eigenvalue weighted by Gasteiger charge is 2.23. The summed E-state index contributed by atoms with van der Waals surface area (Å²) in [5, 5.41) is 19.6. The van der Waals surface area contributed by atoms with E-state index in [-0.39, 0.29) is 24.5 Å². The quantitative estimate of drug-likeness (QED) is 0.369. The number of carbonyl (C=O) groups is 1. The fourth-order valence-electron chi connectivity index (χ4n) is 3.87. The number of benzene rings is 3. The SMILES string of the molecule is O=C(CCc1nc(-c2ccco2)no1)N[C@H](c1ccccc1)c1c(O)ccc2ccccc12. The molecule has 5 aromatic rings. The van der Waals surface area contributed by atoms with Gasteiger partial charge in [0.1, 0.15) is 5.75 Å². The Kier molecular flexibility index (Phi) is 5.59. The highest BCUT2D eigenvalue weighted by molar-refractivity contribution is 5.89. The minimum atomic E-state index is -0.522. The monoisotopic (exact) mass is 439 g/mol. The van der Waals surface area contributed by atoms with Crippen molar-refractivity contribution in [2.24, 2.45) is 0 Å². The van der Waals surface area contributed by atoms with Crippen LogP contribution in [0.3, 0.4) is 0 Å². The number of fused-ring (bicyclic) bond motifs is 1. The number of aromatic hydroxyl groups is 1. The molecule has 1 atom stereocenters. The van der Waals surface area contributed by atoms with E-state index in [0.717, 1.165) is 16.3 Å². The number of carbonyl (C=O) groups excluding carboxylic acids is 1. The number of aryl methyl sites for hydroxylation is 1. The number of phenolic OH excluding ortho intramolecular Hbond substituents is 1. The van der Waals surface area contributed by atoms with Gasteiger partial charge >= 0.3 is 0 Å². The van der Waals surface area contributed by atoms with Crippen molar-refractivity contribution in [2.45, 2.75) is 18.9 Å². The maximum absolute atomic E-state index is 13.0. The van der Waals surface area contributed by atoms with E-state index in [1.165, 1.54) is 6.26 Å². The van der Waals surface area contributed by atoms with Gasteiger partial charge in [0.2, 0.25) is 17.6 Å². The van der Waals surface area contributed by atoms with E-state index in [1.807, 2.05) is 60.7 Å². The van der Waals surface area contributed by atoms with Gasteiger partial charge in [0.15, 0.2) is 5.76 Å². The highest BCUT2D eigenvalue weighted by atomic mass is 16.5. The molecule has 0 saturated carbocycles. The van der Waals surface area contributed by atoms with Crippen LogP contribution in [0.15, 0.2) is 94.1 Å². The van der Waals surface area contributed by atoms with Crippen molar-refractivity contribution in [1.82, 2.24) is 15.5 Å². The van der Waals surface area contributed by atoms with Gasteiger partial charge in [-0.2, -0.15) is 4.98 Å². The van der Waals surface area contributed by atoms with Crippen molar-refractivity contribution in [1.29, 1.82) is 0 Å². The largest absolute Gasteiger partial charge is 0.508 e. The third kappa shape index (κ3) is 4.34. The number of hydrogen-bond acceptors (Lipinski definition) is 6. The van der Waals surface area contributed by atoms with E-state index >= 15 is 0 Å². The molecular weight excluding hydrogens is 418 g/mol. The first kappa shape index (κ1) is 20.5. The zero-order chi connectivity index (χ0) is 22.6. The molecule has 7 heteroatoms. The summed E-state index contributed by atoms with van der Waals surface area (Å²) in [6.45, 7) is 0. The van der Waals surface area contributed by atoms with Crippen LogP contribution in [0.25, 0.3) is 22.4 Å². The van der Waals surface area contributed by atoms with Gasteiger partial charge in [-0.3, -0.25) is 4.79 Å². The zero-order valence-corrected chi connectivity index (χ0v) is 17.6. The van der Waals surface area contributed by atoms with Gasteiger partial charge in [0.25, 0.3) is 0 Å². The lowest BCUT2D eigenvalue weighted by atomic mass is 9.92. The van der Waals surface area contributed by atoms with Gasteiger partial charge in [0.05, 0.1) is 12.3 Å². The number of rotatable bonds is 7. The van der Waals surface area contributed by atoms with Gasteiger partial charge in [0, 0.05) is 18.4 Å². The summed E-state index contributed by atoms with van der Waals surface area (Å²) < 4.78 is 10.5. The van der Waals surface area contributed by atoms with Crippen LogP contribution in [0.1, 0.15) is 29.5 Å². The smallest absolute Gasteiger partial charge is 0.238 e. The Balaban J connectivity index is 1.39. The Labute approximate surface area is 189 Å². The van der Waals surface area contributed by atoms with E-state index in [1.54, 1.807) is 18.2 Å². The molecule has 0 radical (unpaired) electrons. The van der Waals surface area contributed by atoms with Gasteiger partial charge in [-0.1, -0.05) is 65.8 Å². The third-order valence-electron chi connectivity index (χ3n) is 5.45. The minimum Gasteiger partial charge on any atom is -0.508 e. The van der Waals surface area contributed by atoms with Crippen molar-refractivity contribution in [3.8, 4) is 17.3 Å². The maximum atomic E-state index is 13.0. The summed E-state index contributed by atoms with van der Waals surface area (Å²) in [5.74, 6) is 1.13. The predicted molar refractivity (Wildman–Crippen MR) is 122 cm³/mol. The fourth-order valence-corrected chi connectivity index (χ4v) is 3.87. The molecule has 2 aromatic heterocycles. The van der Waals surface area contributed by atoms with Crippen molar-refractivity contribution in [2.75, 3.05) is 0 Å². The molecule has 0 spiro atoms. The van der Waals surface area contributed by atoms with E-state index in [2.05, 4.69) is 15.5 Å². The van der Waals surface area contributed by atoms with Crippen LogP contribution in [-0.4, -0.2) is 21.2 Å². The molecule has 2 heterocycles. The first-order valence-corrected chi connectivity index (χ1v) is 10.6. The lowest BCUT2D eigenvalue weighted by Gasteiger charge is -2.22. The van der Waals surface area contributed by atoms with Crippen LogP contribution < -0.4 is 5.32 Å². The Bertz CT molecular complexity index is 1380. The number of amides is 1. The summed E-state index contributed by atoms with van der Waals surface area (Å²) in [6.07, 6.45) is 1.96. The Morgan fingerprint density at radius 2 is 1.79 bits per heavy atom. The fraction of sp³-hybridized carbons (Fsp3) is 0.115. The molecular formula is C26H21N3O4. The Morgan fingerprint density at radius 1 is 0.970 bits per heavy atom. The molecule has 1 amide bonds. The number of aromatic nitrogens is 2. The highest BCUT2D eigenvalue weighted by Crippen LogP contribution is 2.35. The molecule has 7 nitrogen and oxygen atoms in total. The summed E-state index contributed by atoms with van der Waals surface area (Å²) in [6, 6.07) is 23.9. The second-order valence-electron chi connectivity index (χ2n) is 7.62. The number of nitrogens with zero attached hydrogens (tertiary/aromatic N) is 2. The van der Waals surface area contributed by atoms with Crippen LogP contribution >= 0.6 is 0 Å². The van der Waals surface area contributed by atoms with Crippen molar-refractivity contribution in [3.05, 3.63) is 102 Å². The second-order valence-corrected chi connectivity index (χ2v) is 7.62. The summed E-state index contributed by atoms with van der Waals surface area (Å²) >= 11 is 0. The van der Waals surface area contributed by atoms with Crippen LogP contribution in [-0.2, 0) is 11.2 Å². The zero-order valence-electron chi connectivity index (χ0n) is 17.6. The van der Waals surface area contributed by atoms with Crippen molar-refractivity contribution < 1.29 is 18.8 Å². The molecule has 3 aromatic carbocycles. The standard InChI is InChI=1S/C26H21N3O4/c30-20-13-12-17-7-4-5-10-19(17)24(20)25(18-8-2-1-3-9-18)27-22(31)14-15-23-28-26(29-33-23)21-11-6-16-32-21/h1-13,16,25,30H,14-15H2,(H,27,31)/t25-/m1/s1. The number of phenols is 1. The summed E-state index contributed by atoms with van der Waals surface area (Å²) in [5.41, 5.74) is 1.53. The first-order chi connectivity index (χ1) is 16.2. The number of nitrogens with one attached hydrogen (secondary N) is 1. The first-order valence-electron chi connectivity index (χ1n) is 10.6. The molecule has 0 bridgehead atoms. The van der Waals surface area contributed by atoms with Gasteiger partial charge in [-0.15, -0.1) is 0 Å². The lowest BCUT2D eigenvalue weighted by Crippen LogP contribution is -2.29. The van der Waals surface area contributed by atoms with E-state index in [4.69, 9.17) is 8.94 Å². The van der Waals surface area contributed by atoms with E-state index < -0.39 is 6.04 Å². The normalized spacial score (nSPS) is 12.0. The molecule has 164 valence electrons. The molecule has 5 rings (SSSR count). The molecule has 0 aliphatic carbocycles. The van der Waals surface area contributed by atoms with Gasteiger partial charge in [-0.25, -0.2) is 0 Å². The average molecular weight is 439 g/mol. The molecule has 0 fully saturated rings. The molecule has 33 heavy (non-hydrogen) atoms. The van der Waals surface area contributed by atoms with Crippen LogP contribution in [0.5, 0.6) is 5.75 Å². The number of hydrogen-bond donors (Lipinski definition) is 2. The minimum absolute atomic E-state index is 0.128. The van der Waals surface area contributed by atoms with Gasteiger partial charge < -0.3 is 19.4 Å². The predicted octanol–water partition coefficient (Wildman–Crippen LogP) is 5.03. The molecule has 0 saturated heterocycles. The van der Waals surface area contributed by atoms with Crippen molar-refractivity contribution in [3.63, 3.8) is 0 Å². The molecule has 0 unspecified atom stereocenters. The molecule has 2 N–H and O–H groups in total. The van der Waals surface area contributed by atoms with Crippen LogP contribution in [0.2, 0.25) is 0 Å². The van der Waals surface area contributed by atoms with Crippen LogP contribution in [0.4, 0.5) is 0 Å². The average Bonchev–Trinajstić information content (AvgIpc) is 3.54. The Hall–Kier alpha value is -4.39. The van der Waals surface area contributed by atoms with Crippen molar-refractivity contribution >= 4 is 16.7 Å². The van der Waals surface area contributed by atoms with E-state index in [9.17, 15) is 9.90 Å². The summed E-state index contributed by atoms with van der Waals surface area (Å²) in [7, 11) is 0. The van der Waals surface area contributed by atoms with Gasteiger partial charge in [-0.05, 0) is 34.5 Å². The topological polar surface area (TPSA) is 101 Å². The third-order valence-corrected chi connectivity index (χ3v) is 5.45. The number of furan rings is 1. The lowest BCUT2D eigenvalue weighted by molar-refractivity contribution is -0.121. The second kappa shape index (κ2) is 9.00. The van der Waals surface area contributed by atoms with Crippen LogP contribution in [0, 0.1) is 0 Å². The summed E-state index contributed by atoms with van der Waals surface area (Å²) in [4.78, 5) is 17.2. The Morgan fingerprint density at radius 3 is 2.61 bits per heavy atom. The molecule has 0 aliphatic rings. The van der Waals surface area contributed by atoms with E-state index in [0.29, 0.717) is 23.0 Å². The molecule has 0 aliphatic heterocycles.